The van der Waals surface area contributed by atoms with E-state index in [9.17, 15) is 14.4 Å². The zero-order valence-corrected chi connectivity index (χ0v) is 30.5. The molecule has 3 heterocycles. The van der Waals surface area contributed by atoms with Crippen LogP contribution in [0.25, 0.3) is 11.0 Å². The number of benzene rings is 1. The predicted octanol–water partition coefficient (Wildman–Crippen LogP) is 6.65. The lowest BCUT2D eigenvalue weighted by Gasteiger charge is -2.35. The summed E-state index contributed by atoms with van der Waals surface area (Å²) in [5, 5.41) is 2.82. The molecule has 1 saturated heterocycles. The molecule has 7 atom stereocenters. The van der Waals surface area contributed by atoms with Gasteiger partial charge in [0.15, 0.2) is 5.69 Å². The maximum Gasteiger partial charge on any atom is 0.408 e. The normalized spacial score (nSPS) is 29.3. The van der Waals surface area contributed by atoms with Crippen LogP contribution >= 0.6 is 0 Å². The third kappa shape index (κ3) is 8.07. The van der Waals surface area contributed by atoms with Crippen LogP contribution in [0.4, 0.5) is 13.6 Å². The highest BCUT2D eigenvalue weighted by Gasteiger charge is 2.52. The molecular formula is C37H52F2N4O7. The Morgan fingerprint density at radius 1 is 1.06 bits per heavy atom. The van der Waals surface area contributed by atoms with Crippen LogP contribution in [0.2, 0.25) is 0 Å². The monoisotopic (exact) mass is 702 g/mol. The first-order chi connectivity index (χ1) is 23.5. The summed E-state index contributed by atoms with van der Waals surface area (Å²) in [7, 11) is 1.49. The molecule has 11 nitrogen and oxygen atoms in total. The summed E-state index contributed by atoms with van der Waals surface area (Å²) in [6.07, 6.45) is 0.246. The van der Waals surface area contributed by atoms with Crippen LogP contribution in [-0.2, 0) is 25.0 Å². The number of alkyl carbamates (subject to hydrolysis) is 1. The minimum Gasteiger partial charge on any atom is -0.497 e. The van der Waals surface area contributed by atoms with Crippen molar-refractivity contribution in [1.82, 2.24) is 20.2 Å². The molecule has 13 heteroatoms. The van der Waals surface area contributed by atoms with E-state index in [0.717, 1.165) is 6.42 Å². The van der Waals surface area contributed by atoms with Gasteiger partial charge in [0.25, 0.3) is 5.92 Å². The van der Waals surface area contributed by atoms with Gasteiger partial charge in [-0.15, -0.1) is 0 Å². The number of alkyl halides is 2. The van der Waals surface area contributed by atoms with Crippen LogP contribution in [0, 0.1) is 29.1 Å². The van der Waals surface area contributed by atoms with E-state index in [1.54, 1.807) is 25.1 Å². The fourth-order valence-electron chi connectivity index (χ4n) is 7.41. The minimum absolute atomic E-state index is 0.00771. The Kier molecular flexibility index (Phi) is 11.1. The molecule has 2 aliphatic heterocycles. The van der Waals surface area contributed by atoms with E-state index in [4.69, 9.17) is 18.9 Å². The summed E-state index contributed by atoms with van der Waals surface area (Å²) in [5.74, 6) is -4.90. The standard InChI is InChI=1S/C37H52F2N4O7/c1-20(2)19-48-34(45)29-22(4)28-18-43(29)33(44)31(36(5,6)7)42-35(46)50-27-15-12-21(3)24(27)11-9-10-16-37(38,39)30-32(49-28)41-26-17-23(47-8)13-14-25(26)40-30/h13-14,17,20-22,24,27-29,31H,9-12,15-16,18-19H2,1-8H3,(H,42,46)/t21-,22+,24+,27+,28-,29-,31+/m0/s1. The highest BCUT2D eigenvalue weighted by Crippen LogP contribution is 2.42. The minimum atomic E-state index is -3.40. The molecule has 0 unspecified atom stereocenters. The van der Waals surface area contributed by atoms with Crippen molar-refractivity contribution in [2.75, 3.05) is 20.3 Å². The second-order valence-electron chi connectivity index (χ2n) is 15.8. The van der Waals surface area contributed by atoms with E-state index >= 15 is 8.78 Å². The van der Waals surface area contributed by atoms with Gasteiger partial charge in [-0.25, -0.2) is 19.6 Å². The van der Waals surface area contributed by atoms with Gasteiger partial charge in [-0.05, 0) is 61.0 Å². The highest BCUT2D eigenvalue weighted by atomic mass is 19.3. The third-order valence-electron chi connectivity index (χ3n) is 10.4. The first kappa shape index (κ1) is 37.5. The maximum absolute atomic E-state index is 16.2. The lowest BCUT2D eigenvalue weighted by atomic mass is 9.85. The zero-order chi connectivity index (χ0) is 36.5. The molecule has 276 valence electrons. The summed E-state index contributed by atoms with van der Waals surface area (Å²) in [5.41, 5.74) is -0.830. The number of nitrogens with one attached hydrogen (secondary N) is 1. The van der Waals surface area contributed by atoms with Crippen molar-refractivity contribution in [2.24, 2.45) is 29.1 Å². The van der Waals surface area contributed by atoms with E-state index in [-0.39, 0.29) is 48.7 Å². The molecule has 1 aliphatic carbocycles. The van der Waals surface area contributed by atoms with Gasteiger partial charge in [0.2, 0.25) is 11.8 Å². The predicted molar refractivity (Wildman–Crippen MR) is 182 cm³/mol. The van der Waals surface area contributed by atoms with Gasteiger partial charge in [-0.2, -0.15) is 8.78 Å². The summed E-state index contributed by atoms with van der Waals surface area (Å²) in [4.78, 5) is 51.9. The molecule has 1 aromatic heterocycles. The number of fused-ring (bicyclic) bond motifs is 5. The van der Waals surface area contributed by atoms with Gasteiger partial charge < -0.3 is 29.2 Å². The van der Waals surface area contributed by atoms with E-state index < -0.39 is 71.6 Å². The molecule has 0 radical (unpaired) electrons. The van der Waals surface area contributed by atoms with Gasteiger partial charge in [-0.1, -0.05) is 54.9 Å². The van der Waals surface area contributed by atoms with Gasteiger partial charge in [0, 0.05) is 18.4 Å². The number of halogens is 2. The zero-order valence-electron chi connectivity index (χ0n) is 30.5. The van der Waals surface area contributed by atoms with Crippen LogP contribution in [0.1, 0.15) is 92.7 Å². The molecule has 2 aromatic rings. The van der Waals surface area contributed by atoms with Gasteiger partial charge in [0.05, 0.1) is 31.3 Å². The Morgan fingerprint density at radius 2 is 1.80 bits per heavy atom. The van der Waals surface area contributed by atoms with Gasteiger partial charge in [0.1, 0.15) is 30.0 Å². The molecule has 2 amide bonds. The number of rotatable bonds is 4. The second kappa shape index (κ2) is 14.8. The molecule has 1 aromatic carbocycles. The molecule has 0 spiro atoms. The largest absolute Gasteiger partial charge is 0.497 e. The number of methoxy groups -OCH3 is 1. The molecule has 1 N–H and O–H groups in total. The molecule has 50 heavy (non-hydrogen) atoms. The van der Waals surface area contributed by atoms with Crippen molar-refractivity contribution < 1.29 is 42.1 Å². The lowest BCUT2D eigenvalue weighted by molar-refractivity contribution is -0.156. The fourth-order valence-corrected chi connectivity index (χ4v) is 7.41. The van der Waals surface area contributed by atoms with Crippen molar-refractivity contribution >= 4 is 29.0 Å². The number of ether oxygens (including phenoxy) is 4. The number of amides is 2. The fraction of sp³-hybridized carbons (Fsp3) is 0.703. The Balaban J connectivity index is 1.60. The SMILES string of the molecule is COc1ccc2nc3c(nc2c1)O[C@H]1CN(C(=O)[C@H](C(C)(C)C)NC(=O)O[C@@H]2CC[C@H](C)[C@H]2CCCCC3(F)F)[C@H](C(=O)OCC(C)C)[C@@H]1C. The molecule has 3 aliphatic rings. The Labute approximate surface area is 293 Å². The van der Waals surface area contributed by atoms with E-state index in [0.29, 0.717) is 30.5 Å². The van der Waals surface area contributed by atoms with Crippen molar-refractivity contribution in [1.29, 1.82) is 0 Å². The Morgan fingerprint density at radius 3 is 2.48 bits per heavy atom. The van der Waals surface area contributed by atoms with Crippen molar-refractivity contribution in [3.63, 3.8) is 0 Å². The first-order valence-electron chi connectivity index (χ1n) is 17.8. The number of esters is 1. The van der Waals surface area contributed by atoms with Crippen molar-refractivity contribution in [2.45, 2.75) is 117 Å². The summed E-state index contributed by atoms with van der Waals surface area (Å²) in [6.45, 7) is 13.0. The number of carbonyl (C=O) groups excluding carboxylic acids is 3. The molecule has 2 fully saturated rings. The smallest absolute Gasteiger partial charge is 0.408 e. The van der Waals surface area contributed by atoms with Crippen LogP contribution < -0.4 is 14.8 Å². The van der Waals surface area contributed by atoms with Gasteiger partial charge in [-0.3, -0.25) is 4.79 Å². The second-order valence-corrected chi connectivity index (χ2v) is 15.8. The van der Waals surface area contributed by atoms with E-state index in [1.165, 1.54) is 12.0 Å². The molecule has 2 bridgehead atoms. The summed E-state index contributed by atoms with van der Waals surface area (Å²) >= 11 is 0. The van der Waals surface area contributed by atoms with Crippen LogP contribution in [0.15, 0.2) is 18.2 Å². The van der Waals surface area contributed by atoms with Crippen molar-refractivity contribution in [3.8, 4) is 11.6 Å². The molecular weight excluding hydrogens is 650 g/mol. The van der Waals surface area contributed by atoms with Crippen molar-refractivity contribution in [3.05, 3.63) is 23.9 Å². The summed E-state index contributed by atoms with van der Waals surface area (Å²) < 4.78 is 55.7. The number of aromatic nitrogens is 2. The average molecular weight is 703 g/mol. The van der Waals surface area contributed by atoms with Gasteiger partial charge >= 0.3 is 12.1 Å². The Hall–Kier alpha value is -3.77. The van der Waals surface area contributed by atoms with Crippen LogP contribution in [0.3, 0.4) is 0 Å². The van der Waals surface area contributed by atoms with Crippen LogP contribution in [0.5, 0.6) is 11.6 Å². The number of carbonyl (C=O) groups is 3. The summed E-state index contributed by atoms with van der Waals surface area (Å²) in [6, 6.07) is 2.60. The Bertz CT molecular complexity index is 1560. The average Bonchev–Trinajstić information content (AvgIpc) is 3.56. The first-order valence-corrected chi connectivity index (χ1v) is 17.8. The number of hydrogen-bond donors (Lipinski definition) is 1. The molecule has 1 saturated carbocycles. The van der Waals surface area contributed by atoms with Crippen LogP contribution in [-0.4, -0.2) is 77.4 Å². The number of hydrogen-bond acceptors (Lipinski definition) is 9. The topological polar surface area (TPSA) is 129 Å². The molecule has 5 rings (SSSR count). The lowest BCUT2D eigenvalue weighted by Crippen LogP contribution is -2.57. The van der Waals surface area contributed by atoms with E-state index in [1.807, 2.05) is 34.6 Å². The third-order valence-corrected chi connectivity index (χ3v) is 10.4. The highest BCUT2D eigenvalue weighted by molar-refractivity contribution is 5.91. The quantitative estimate of drug-likeness (QED) is 0.348. The number of nitrogens with zero attached hydrogens (tertiary/aromatic N) is 3. The van der Waals surface area contributed by atoms with E-state index in [2.05, 4.69) is 22.2 Å². The maximum atomic E-state index is 16.2.